The number of halogens is 2. The first-order valence-corrected chi connectivity index (χ1v) is 4.47. The van der Waals surface area contributed by atoms with Crippen molar-refractivity contribution in [1.82, 2.24) is 0 Å². The number of carbonyl (C=O) groups is 1. The Balaban J connectivity index is 0. The van der Waals surface area contributed by atoms with Crippen molar-refractivity contribution in [3.63, 3.8) is 0 Å². The second-order valence-corrected chi connectivity index (χ2v) is 2.85. The molecule has 0 aliphatic carbocycles. The first-order chi connectivity index (χ1) is 6.18. The smallest absolute Gasteiger partial charge is 0.364 e. The van der Waals surface area contributed by atoms with Crippen molar-refractivity contribution in [3.05, 3.63) is 11.9 Å². The first-order valence-electron chi connectivity index (χ1n) is 4.47. The Morgan fingerprint density at radius 1 is 1.29 bits per heavy atom. The van der Waals surface area contributed by atoms with E-state index in [9.17, 15) is 9.18 Å². The monoisotopic (exact) mass is 225 g/mol. The fourth-order valence-corrected chi connectivity index (χ4v) is 0.958. The number of carboxylic acid groups (broad SMARTS) is 1. The van der Waals surface area contributed by atoms with Crippen molar-refractivity contribution >= 4 is 18.4 Å². The van der Waals surface area contributed by atoms with Gasteiger partial charge in [-0.2, -0.15) is 4.39 Å². The molecule has 0 aliphatic rings. The predicted octanol–water partition coefficient (Wildman–Crippen LogP) is 2.26. The summed E-state index contributed by atoms with van der Waals surface area (Å²) in [4.78, 5) is 10.0. The maximum absolute atomic E-state index is 12.3. The van der Waals surface area contributed by atoms with Gasteiger partial charge in [-0.15, -0.1) is 12.4 Å². The first kappa shape index (κ1) is 15.8. The van der Waals surface area contributed by atoms with Crippen LogP contribution in [0.2, 0.25) is 0 Å². The van der Waals surface area contributed by atoms with E-state index < -0.39 is 11.8 Å². The van der Waals surface area contributed by atoms with Crippen molar-refractivity contribution in [1.29, 1.82) is 0 Å². The van der Waals surface area contributed by atoms with E-state index in [2.05, 4.69) is 0 Å². The highest BCUT2D eigenvalue weighted by atomic mass is 35.5. The minimum absolute atomic E-state index is 0. The molecule has 0 unspecified atom stereocenters. The van der Waals surface area contributed by atoms with Gasteiger partial charge in [0.15, 0.2) is 0 Å². The molecule has 0 radical (unpaired) electrons. The van der Waals surface area contributed by atoms with Gasteiger partial charge in [-0.3, -0.25) is 0 Å². The molecule has 0 heterocycles. The van der Waals surface area contributed by atoms with Crippen LogP contribution in [0.25, 0.3) is 0 Å². The molecule has 84 valence electrons. The number of hydrogen-bond donors (Lipinski definition) is 2. The van der Waals surface area contributed by atoms with Crippen molar-refractivity contribution in [2.24, 2.45) is 5.73 Å². The lowest BCUT2D eigenvalue weighted by Crippen LogP contribution is -1.97. The standard InChI is InChI=1S/C9H16FNO2.ClH/c10-8(9(12)13)6-4-2-1-3-5-7-11;/h6H,1-5,7,11H2,(H,12,13);1H. The van der Waals surface area contributed by atoms with Gasteiger partial charge in [0.1, 0.15) is 0 Å². The summed E-state index contributed by atoms with van der Waals surface area (Å²) in [7, 11) is 0. The molecule has 5 heteroatoms. The molecule has 0 fully saturated rings. The topological polar surface area (TPSA) is 63.3 Å². The highest BCUT2D eigenvalue weighted by Gasteiger charge is 2.02. The molecule has 0 aromatic carbocycles. The van der Waals surface area contributed by atoms with E-state index in [0.717, 1.165) is 31.8 Å². The normalized spacial score (nSPS) is 10.9. The number of nitrogens with two attached hydrogens (primary N) is 1. The number of rotatable bonds is 7. The fourth-order valence-electron chi connectivity index (χ4n) is 0.958. The molecule has 0 rings (SSSR count). The van der Waals surface area contributed by atoms with Crippen LogP contribution in [-0.4, -0.2) is 17.6 Å². The van der Waals surface area contributed by atoms with Crippen LogP contribution in [0.5, 0.6) is 0 Å². The van der Waals surface area contributed by atoms with Crippen molar-refractivity contribution in [3.8, 4) is 0 Å². The molecule has 3 nitrogen and oxygen atoms in total. The number of allylic oxidation sites excluding steroid dienone is 1. The second kappa shape index (κ2) is 10.5. The summed E-state index contributed by atoms with van der Waals surface area (Å²) in [5.74, 6) is -2.54. The van der Waals surface area contributed by atoms with Crippen LogP contribution in [-0.2, 0) is 4.79 Å². The Bertz CT molecular complexity index is 186. The van der Waals surface area contributed by atoms with E-state index in [1.807, 2.05) is 0 Å². The van der Waals surface area contributed by atoms with Gasteiger partial charge < -0.3 is 10.8 Å². The molecular weight excluding hydrogens is 209 g/mol. The van der Waals surface area contributed by atoms with Crippen LogP contribution in [0.15, 0.2) is 11.9 Å². The zero-order valence-electron chi connectivity index (χ0n) is 8.04. The maximum atomic E-state index is 12.3. The van der Waals surface area contributed by atoms with Crippen molar-refractivity contribution < 1.29 is 14.3 Å². The molecule has 0 aromatic rings. The van der Waals surface area contributed by atoms with Gasteiger partial charge in [0.25, 0.3) is 0 Å². The quantitative estimate of drug-likeness (QED) is 0.516. The van der Waals surface area contributed by atoms with E-state index in [-0.39, 0.29) is 12.4 Å². The number of carboxylic acids is 1. The van der Waals surface area contributed by atoms with Gasteiger partial charge in [-0.1, -0.05) is 12.8 Å². The number of unbranched alkanes of at least 4 members (excludes halogenated alkanes) is 4. The van der Waals surface area contributed by atoms with Crippen LogP contribution in [0, 0.1) is 0 Å². The zero-order valence-corrected chi connectivity index (χ0v) is 8.86. The third-order valence-corrected chi connectivity index (χ3v) is 1.69. The lowest BCUT2D eigenvalue weighted by Gasteiger charge is -1.96. The Morgan fingerprint density at radius 2 is 1.86 bits per heavy atom. The van der Waals surface area contributed by atoms with Gasteiger partial charge >= 0.3 is 5.97 Å². The van der Waals surface area contributed by atoms with E-state index in [1.165, 1.54) is 0 Å². The molecular formula is C9H17ClFNO2. The van der Waals surface area contributed by atoms with Crippen LogP contribution < -0.4 is 5.73 Å². The maximum Gasteiger partial charge on any atom is 0.364 e. The van der Waals surface area contributed by atoms with Crippen molar-refractivity contribution in [2.75, 3.05) is 6.54 Å². The Hall–Kier alpha value is -0.610. The minimum atomic E-state index is -1.48. The number of aliphatic carboxylic acids is 1. The molecule has 0 atom stereocenters. The Kier molecular flexibility index (Phi) is 11.9. The SMILES string of the molecule is Cl.NCCCCCCC=C(F)C(=O)O. The zero-order chi connectivity index (χ0) is 10.1. The molecule has 0 saturated carbocycles. The average molecular weight is 226 g/mol. The average Bonchev–Trinajstić information content (AvgIpc) is 2.10. The Labute approximate surface area is 89.6 Å². The number of hydrogen-bond acceptors (Lipinski definition) is 2. The molecule has 3 N–H and O–H groups in total. The highest BCUT2D eigenvalue weighted by molar-refractivity contribution is 5.85. The molecule has 14 heavy (non-hydrogen) atoms. The molecule has 0 spiro atoms. The third-order valence-electron chi connectivity index (χ3n) is 1.69. The van der Waals surface area contributed by atoms with Crippen LogP contribution in [0.4, 0.5) is 4.39 Å². The van der Waals surface area contributed by atoms with E-state index in [0.29, 0.717) is 13.0 Å². The van der Waals surface area contributed by atoms with E-state index in [4.69, 9.17) is 10.8 Å². The van der Waals surface area contributed by atoms with Gasteiger partial charge in [0, 0.05) is 0 Å². The Morgan fingerprint density at radius 3 is 2.36 bits per heavy atom. The molecule has 0 bridgehead atoms. The van der Waals surface area contributed by atoms with Crippen molar-refractivity contribution in [2.45, 2.75) is 32.1 Å². The molecule has 0 aliphatic heterocycles. The van der Waals surface area contributed by atoms with Gasteiger partial charge in [0.05, 0.1) is 0 Å². The molecule has 0 aromatic heterocycles. The lowest BCUT2D eigenvalue weighted by atomic mass is 10.1. The van der Waals surface area contributed by atoms with E-state index >= 15 is 0 Å². The van der Waals surface area contributed by atoms with Crippen LogP contribution >= 0.6 is 12.4 Å². The lowest BCUT2D eigenvalue weighted by molar-refractivity contribution is -0.134. The minimum Gasteiger partial charge on any atom is -0.476 e. The van der Waals surface area contributed by atoms with Gasteiger partial charge in [0.2, 0.25) is 5.83 Å². The second-order valence-electron chi connectivity index (χ2n) is 2.85. The predicted molar refractivity (Wildman–Crippen MR) is 56.2 cm³/mol. The summed E-state index contributed by atoms with van der Waals surface area (Å²) in [6.07, 6.45) is 5.40. The summed E-state index contributed by atoms with van der Waals surface area (Å²) in [6, 6.07) is 0. The summed E-state index contributed by atoms with van der Waals surface area (Å²) in [5, 5.41) is 8.16. The van der Waals surface area contributed by atoms with Crippen LogP contribution in [0.3, 0.4) is 0 Å². The summed E-state index contributed by atoms with van der Waals surface area (Å²) in [6.45, 7) is 0.680. The summed E-state index contributed by atoms with van der Waals surface area (Å²) in [5.41, 5.74) is 5.28. The van der Waals surface area contributed by atoms with Gasteiger partial charge in [-0.05, 0) is 31.9 Å². The summed E-state index contributed by atoms with van der Waals surface area (Å²) >= 11 is 0. The van der Waals surface area contributed by atoms with Crippen LogP contribution in [0.1, 0.15) is 32.1 Å². The molecule has 0 saturated heterocycles. The molecule has 0 amide bonds. The highest BCUT2D eigenvalue weighted by Crippen LogP contribution is 2.06. The third kappa shape index (κ3) is 9.48. The summed E-state index contributed by atoms with van der Waals surface area (Å²) < 4.78 is 12.3. The van der Waals surface area contributed by atoms with Gasteiger partial charge in [-0.25, -0.2) is 4.79 Å². The largest absolute Gasteiger partial charge is 0.476 e. The van der Waals surface area contributed by atoms with E-state index in [1.54, 1.807) is 0 Å². The fraction of sp³-hybridized carbons (Fsp3) is 0.667.